The first-order valence-corrected chi connectivity index (χ1v) is 6.22. The second-order valence-electron chi connectivity index (χ2n) is 3.42. The first kappa shape index (κ1) is 13.7. The predicted octanol–water partition coefficient (Wildman–Crippen LogP) is 0.645. The largest absolute Gasteiger partial charge is 0.466 e. The summed E-state index contributed by atoms with van der Waals surface area (Å²) in [5.41, 5.74) is 5.21. The van der Waals surface area contributed by atoms with E-state index in [0.717, 1.165) is 4.88 Å². The topological polar surface area (TPSA) is 81.4 Å². The molecule has 0 radical (unpaired) electrons. The van der Waals surface area contributed by atoms with Crippen LogP contribution in [0.4, 0.5) is 0 Å². The zero-order chi connectivity index (χ0) is 12.7. The van der Waals surface area contributed by atoms with E-state index in [0.29, 0.717) is 13.2 Å². The van der Waals surface area contributed by atoms with Crippen LogP contribution in [0, 0.1) is 0 Å². The third kappa shape index (κ3) is 4.97. The number of carbonyl (C=O) groups excluding carboxylic acids is 2. The van der Waals surface area contributed by atoms with E-state index in [-0.39, 0.29) is 6.42 Å². The van der Waals surface area contributed by atoms with Gasteiger partial charge in [0.15, 0.2) is 0 Å². The maximum atomic E-state index is 11.3. The Kier molecular flexibility index (Phi) is 5.65. The average molecular weight is 256 g/mol. The van der Waals surface area contributed by atoms with E-state index in [4.69, 9.17) is 10.5 Å². The van der Waals surface area contributed by atoms with Gasteiger partial charge in [-0.15, -0.1) is 11.3 Å². The molecule has 17 heavy (non-hydrogen) atoms. The van der Waals surface area contributed by atoms with Gasteiger partial charge in [0.1, 0.15) is 0 Å². The molecule has 0 aromatic carbocycles. The van der Waals surface area contributed by atoms with Crippen molar-refractivity contribution in [2.75, 3.05) is 6.61 Å². The van der Waals surface area contributed by atoms with E-state index >= 15 is 0 Å². The van der Waals surface area contributed by atoms with Gasteiger partial charge in [0.25, 0.3) is 0 Å². The SMILES string of the molecule is CCOC(=O)CC(NCc1cccs1)C(N)=O. The normalized spacial score (nSPS) is 12.1. The summed E-state index contributed by atoms with van der Waals surface area (Å²) in [6.07, 6.45) is -0.0332. The molecule has 1 amide bonds. The van der Waals surface area contributed by atoms with Gasteiger partial charge < -0.3 is 15.8 Å². The molecule has 5 nitrogen and oxygen atoms in total. The number of esters is 1. The summed E-state index contributed by atoms with van der Waals surface area (Å²) < 4.78 is 4.78. The van der Waals surface area contributed by atoms with E-state index in [9.17, 15) is 9.59 Å². The van der Waals surface area contributed by atoms with Crippen LogP contribution in [0.5, 0.6) is 0 Å². The molecule has 94 valence electrons. The highest BCUT2D eigenvalue weighted by molar-refractivity contribution is 7.09. The molecule has 0 aliphatic heterocycles. The van der Waals surface area contributed by atoms with Crippen molar-refractivity contribution in [2.45, 2.75) is 25.9 Å². The first-order valence-electron chi connectivity index (χ1n) is 5.34. The fraction of sp³-hybridized carbons (Fsp3) is 0.455. The summed E-state index contributed by atoms with van der Waals surface area (Å²) in [7, 11) is 0. The standard InChI is InChI=1S/C11H16N2O3S/c1-2-16-10(14)6-9(11(12)15)13-7-8-4-3-5-17-8/h3-5,9,13H,2,6-7H2,1H3,(H2,12,15). The molecule has 1 heterocycles. The molecular weight excluding hydrogens is 240 g/mol. The van der Waals surface area contributed by atoms with Gasteiger partial charge in [-0.25, -0.2) is 0 Å². The number of carbonyl (C=O) groups is 2. The van der Waals surface area contributed by atoms with Crippen LogP contribution in [0.3, 0.4) is 0 Å². The molecule has 0 aliphatic carbocycles. The number of amides is 1. The fourth-order valence-corrected chi connectivity index (χ4v) is 1.95. The summed E-state index contributed by atoms with van der Waals surface area (Å²) in [5, 5.41) is 4.89. The van der Waals surface area contributed by atoms with Crippen LogP contribution in [-0.4, -0.2) is 24.5 Å². The number of thiophene rings is 1. The quantitative estimate of drug-likeness (QED) is 0.702. The smallest absolute Gasteiger partial charge is 0.307 e. The average Bonchev–Trinajstić information content (AvgIpc) is 2.77. The van der Waals surface area contributed by atoms with Crippen molar-refractivity contribution in [3.05, 3.63) is 22.4 Å². The van der Waals surface area contributed by atoms with Crippen LogP contribution < -0.4 is 11.1 Å². The zero-order valence-corrected chi connectivity index (χ0v) is 10.5. The Balaban J connectivity index is 2.43. The van der Waals surface area contributed by atoms with Crippen LogP contribution in [0.15, 0.2) is 17.5 Å². The monoisotopic (exact) mass is 256 g/mol. The van der Waals surface area contributed by atoms with E-state index in [1.54, 1.807) is 18.3 Å². The van der Waals surface area contributed by atoms with Crippen LogP contribution in [-0.2, 0) is 20.9 Å². The lowest BCUT2D eigenvalue weighted by atomic mass is 10.2. The first-order chi connectivity index (χ1) is 8.13. The zero-order valence-electron chi connectivity index (χ0n) is 9.64. The third-order valence-corrected chi connectivity index (χ3v) is 3.00. The fourth-order valence-electron chi connectivity index (χ4n) is 1.30. The van der Waals surface area contributed by atoms with Gasteiger partial charge in [-0.05, 0) is 18.4 Å². The van der Waals surface area contributed by atoms with E-state index < -0.39 is 17.9 Å². The number of hydrogen-bond donors (Lipinski definition) is 2. The van der Waals surface area contributed by atoms with Crippen molar-refractivity contribution < 1.29 is 14.3 Å². The van der Waals surface area contributed by atoms with Crippen molar-refractivity contribution in [3.63, 3.8) is 0 Å². The molecule has 0 fully saturated rings. The van der Waals surface area contributed by atoms with Gasteiger partial charge >= 0.3 is 5.97 Å². The molecule has 0 saturated carbocycles. The van der Waals surface area contributed by atoms with Crippen molar-refractivity contribution >= 4 is 23.2 Å². The highest BCUT2D eigenvalue weighted by Crippen LogP contribution is 2.08. The lowest BCUT2D eigenvalue weighted by molar-refractivity contribution is -0.145. The number of hydrogen-bond acceptors (Lipinski definition) is 5. The van der Waals surface area contributed by atoms with Gasteiger partial charge in [0.2, 0.25) is 5.91 Å². The lowest BCUT2D eigenvalue weighted by Gasteiger charge is -2.13. The van der Waals surface area contributed by atoms with E-state index in [2.05, 4.69) is 5.32 Å². The Morgan fingerprint density at radius 3 is 2.88 bits per heavy atom. The van der Waals surface area contributed by atoms with E-state index in [1.807, 2.05) is 17.5 Å². The second-order valence-corrected chi connectivity index (χ2v) is 4.46. The van der Waals surface area contributed by atoms with Crippen molar-refractivity contribution in [1.29, 1.82) is 0 Å². The highest BCUT2D eigenvalue weighted by Gasteiger charge is 2.19. The molecule has 0 bridgehead atoms. The molecule has 3 N–H and O–H groups in total. The highest BCUT2D eigenvalue weighted by atomic mass is 32.1. The summed E-state index contributed by atoms with van der Waals surface area (Å²) >= 11 is 1.57. The van der Waals surface area contributed by atoms with Crippen molar-refractivity contribution in [2.24, 2.45) is 5.73 Å². The van der Waals surface area contributed by atoms with Crippen LogP contribution >= 0.6 is 11.3 Å². The number of rotatable bonds is 7. The Bertz CT molecular complexity index is 365. The van der Waals surface area contributed by atoms with Crippen LogP contribution in [0.2, 0.25) is 0 Å². The molecule has 0 spiro atoms. The number of nitrogens with two attached hydrogens (primary N) is 1. The van der Waals surface area contributed by atoms with Crippen LogP contribution in [0.1, 0.15) is 18.2 Å². The van der Waals surface area contributed by atoms with Gasteiger partial charge in [0.05, 0.1) is 19.1 Å². The van der Waals surface area contributed by atoms with Gasteiger partial charge in [-0.2, -0.15) is 0 Å². The third-order valence-electron chi connectivity index (χ3n) is 2.12. The van der Waals surface area contributed by atoms with E-state index in [1.165, 1.54) is 0 Å². The molecule has 1 rings (SSSR count). The minimum Gasteiger partial charge on any atom is -0.466 e. The summed E-state index contributed by atoms with van der Waals surface area (Å²) in [5.74, 6) is -0.968. The summed E-state index contributed by atoms with van der Waals surface area (Å²) in [6, 6.07) is 3.18. The van der Waals surface area contributed by atoms with Gasteiger partial charge in [-0.1, -0.05) is 6.07 Å². The number of nitrogens with one attached hydrogen (secondary N) is 1. The molecule has 1 atom stereocenters. The Hall–Kier alpha value is -1.40. The van der Waals surface area contributed by atoms with Crippen molar-refractivity contribution in [1.82, 2.24) is 5.32 Å². The minimum atomic E-state index is -0.684. The maximum absolute atomic E-state index is 11.3. The summed E-state index contributed by atoms with van der Waals surface area (Å²) in [6.45, 7) is 2.54. The molecule has 0 aliphatic rings. The number of ether oxygens (including phenoxy) is 1. The summed E-state index contributed by atoms with van der Waals surface area (Å²) in [4.78, 5) is 23.5. The Morgan fingerprint density at radius 1 is 1.59 bits per heavy atom. The molecule has 0 saturated heterocycles. The Labute approximate surface area is 104 Å². The maximum Gasteiger partial charge on any atom is 0.307 e. The lowest BCUT2D eigenvalue weighted by Crippen LogP contribution is -2.42. The van der Waals surface area contributed by atoms with Crippen molar-refractivity contribution in [3.8, 4) is 0 Å². The predicted molar refractivity (Wildman–Crippen MR) is 65.4 cm³/mol. The minimum absolute atomic E-state index is 0.0332. The van der Waals surface area contributed by atoms with Gasteiger partial charge in [0, 0.05) is 11.4 Å². The number of primary amides is 1. The molecule has 1 unspecified atom stereocenters. The molecule has 1 aromatic rings. The Morgan fingerprint density at radius 2 is 2.35 bits per heavy atom. The second kappa shape index (κ2) is 7.03. The van der Waals surface area contributed by atoms with Gasteiger partial charge in [-0.3, -0.25) is 9.59 Å². The molecule has 6 heteroatoms. The van der Waals surface area contributed by atoms with Crippen LogP contribution in [0.25, 0.3) is 0 Å². The molecule has 1 aromatic heterocycles. The molecular formula is C11H16N2O3S.